The topological polar surface area (TPSA) is 87.6 Å². The van der Waals surface area contributed by atoms with Crippen LogP contribution >= 0.6 is 0 Å². The molecule has 0 atom stereocenters. The molecule has 0 aromatic heterocycles. The molecule has 0 unspecified atom stereocenters. The molecule has 0 aliphatic carbocycles. The van der Waals surface area contributed by atoms with E-state index < -0.39 is 0 Å². The maximum atomic E-state index is 4.46. The Kier molecular flexibility index (Phi) is 39.7. The molecule has 208 valence electrons. The molecular formula is C26H60N8Zr. The first-order chi connectivity index (χ1) is 15.8. The SMILES string of the molecule is CCN(C)C(=NC(C)C)[N-]C(C)C.CCN(C)C(=NC(C)C)[N-]C(C)C.CC[N-]C.CC[N-]C.[Zr+4]. The molecule has 0 fully saturated rings. The second kappa shape index (κ2) is 31.4. The van der Waals surface area contributed by atoms with E-state index in [1.165, 1.54) is 0 Å². The third-order valence-corrected chi connectivity index (χ3v) is 3.76. The van der Waals surface area contributed by atoms with Gasteiger partial charge in [0.25, 0.3) is 0 Å². The number of guanidine groups is 2. The van der Waals surface area contributed by atoms with Crippen LogP contribution in [0.25, 0.3) is 21.3 Å². The molecule has 0 saturated carbocycles. The number of aliphatic imine (C=N–C) groups is 2. The summed E-state index contributed by atoms with van der Waals surface area (Å²) in [5.41, 5.74) is 0. The van der Waals surface area contributed by atoms with Gasteiger partial charge in [0.2, 0.25) is 0 Å². The van der Waals surface area contributed by atoms with E-state index in [2.05, 4.69) is 110 Å². The van der Waals surface area contributed by atoms with Crippen LogP contribution < -0.4 is 0 Å². The van der Waals surface area contributed by atoms with Crippen molar-refractivity contribution in [2.24, 2.45) is 9.98 Å². The summed E-state index contributed by atoms with van der Waals surface area (Å²) in [6.45, 7) is 28.6. The van der Waals surface area contributed by atoms with E-state index >= 15 is 0 Å². The predicted octanol–water partition coefficient (Wildman–Crippen LogP) is 6.99. The Morgan fingerprint density at radius 3 is 0.943 bits per heavy atom. The van der Waals surface area contributed by atoms with E-state index in [-0.39, 0.29) is 26.2 Å². The summed E-state index contributed by atoms with van der Waals surface area (Å²) in [7, 11) is 7.65. The molecule has 0 amide bonds. The first-order valence-corrected chi connectivity index (χ1v) is 12.9. The van der Waals surface area contributed by atoms with Crippen LogP contribution in [-0.2, 0) is 26.2 Å². The van der Waals surface area contributed by atoms with E-state index in [0.29, 0.717) is 24.2 Å². The van der Waals surface area contributed by atoms with Gasteiger partial charge in [-0.3, -0.25) is 0 Å². The molecule has 0 N–H and O–H groups in total. The number of nitrogens with zero attached hydrogens (tertiary/aromatic N) is 8. The zero-order chi connectivity index (χ0) is 27.7. The summed E-state index contributed by atoms with van der Waals surface area (Å²) >= 11 is 0. The second-order valence-electron chi connectivity index (χ2n) is 8.78. The molecule has 0 radical (unpaired) electrons. The number of hydrogen-bond acceptors (Lipinski definition) is 2. The normalized spacial score (nSPS) is 11.0. The maximum absolute atomic E-state index is 4.46. The van der Waals surface area contributed by atoms with Crippen LogP contribution in [0.15, 0.2) is 9.98 Å². The van der Waals surface area contributed by atoms with Gasteiger partial charge < -0.3 is 41.1 Å². The Bertz CT molecular complexity index is 420. The molecule has 35 heavy (non-hydrogen) atoms. The van der Waals surface area contributed by atoms with Gasteiger partial charge >= 0.3 is 26.2 Å². The van der Waals surface area contributed by atoms with E-state index in [0.717, 1.165) is 38.1 Å². The first-order valence-electron chi connectivity index (χ1n) is 12.9. The van der Waals surface area contributed by atoms with Gasteiger partial charge in [-0.1, -0.05) is 83.1 Å². The van der Waals surface area contributed by atoms with Crippen LogP contribution in [0.4, 0.5) is 0 Å². The van der Waals surface area contributed by atoms with E-state index in [1.807, 2.05) is 27.9 Å². The summed E-state index contributed by atoms with van der Waals surface area (Å²) in [6.07, 6.45) is 0. The molecule has 0 aromatic rings. The molecule has 0 rings (SSSR count). The van der Waals surface area contributed by atoms with Crippen LogP contribution in [0.5, 0.6) is 0 Å². The molecule has 0 bridgehead atoms. The van der Waals surface area contributed by atoms with Crippen molar-refractivity contribution in [2.75, 3.05) is 54.4 Å². The van der Waals surface area contributed by atoms with E-state index in [4.69, 9.17) is 0 Å². The van der Waals surface area contributed by atoms with Crippen molar-refractivity contribution in [1.82, 2.24) is 9.80 Å². The van der Waals surface area contributed by atoms with Crippen molar-refractivity contribution in [2.45, 2.75) is 107 Å². The molecule has 0 spiro atoms. The Hall–Kier alpha value is -0.657. The van der Waals surface area contributed by atoms with Crippen LogP contribution in [0.2, 0.25) is 0 Å². The molecule has 9 heteroatoms. The third kappa shape index (κ3) is 38.0. The van der Waals surface area contributed by atoms with Crippen molar-refractivity contribution < 1.29 is 26.2 Å². The van der Waals surface area contributed by atoms with Crippen molar-refractivity contribution >= 4 is 11.9 Å². The van der Waals surface area contributed by atoms with E-state index in [9.17, 15) is 0 Å². The molecule has 0 aromatic carbocycles. The number of hydrogen-bond donors (Lipinski definition) is 0. The van der Waals surface area contributed by atoms with Gasteiger partial charge in [0.15, 0.2) is 0 Å². The van der Waals surface area contributed by atoms with E-state index in [1.54, 1.807) is 14.1 Å². The predicted molar refractivity (Wildman–Crippen MR) is 158 cm³/mol. The molecular weight excluding hydrogens is 516 g/mol. The van der Waals surface area contributed by atoms with Crippen LogP contribution in [-0.4, -0.2) is 100 Å². The Morgan fingerprint density at radius 2 is 0.829 bits per heavy atom. The van der Waals surface area contributed by atoms with Gasteiger partial charge in [0, 0.05) is 11.9 Å². The van der Waals surface area contributed by atoms with Gasteiger partial charge in [0.1, 0.15) is 0 Å². The smallest absolute Gasteiger partial charge is 0.665 e. The first kappa shape index (κ1) is 44.3. The molecule has 0 aliphatic heterocycles. The van der Waals surface area contributed by atoms with Crippen LogP contribution in [0, 0.1) is 0 Å². The summed E-state index contributed by atoms with van der Waals surface area (Å²) in [5, 5.41) is 16.4. The third-order valence-electron chi connectivity index (χ3n) is 3.76. The summed E-state index contributed by atoms with van der Waals surface area (Å²) in [6, 6.07) is 1.25. The standard InChI is InChI=1S/2C10H22N3.2C3H8N.Zr/c2*1-7-13(6)10(11-8(2)3)12-9(4)5;2*1-3-4-2;/h2*8-9H,7H2,1-6H3;2*3H2,1-2H3;/q4*-1;+4. The average molecular weight is 576 g/mol. The van der Waals surface area contributed by atoms with Gasteiger partial charge in [-0.15, -0.1) is 0 Å². The summed E-state index contributed by atoms with van der Waals surface area (Å²) < 4.78 is 0. The molecule has 8 nitrogen and oxygen atoms in total. The minimum Gasteiger partial charge on any atom is -0.665 e. The summed E-state index contributed by atoms with van der Waals surface area (Å²) in [4.78, 5) is 13.1. The number of rotatable bonds is 8. The van der Waals surface area contributed by atoms with Gasteiger partial charge in [-0.05, 0) is 51.4 Å². The van der Waals surface area contributed by atoms with Crippen LogP contribution in [0.3, 0.4) is 0 Å². The second-order valence-corrected chi connectivity index (χ2v) is 8.78. The zero-order valence-corrected chi connectivity index (χ0v) is 28.7. The van der Waals surface area contributed by atoms with Crippen molar-refractivity contribution in [1.29, 1.82) is 0 Å². The minimum absolute atomic E-state index is 0. The minimum atomic E-state index is 0. The van der Waals surface area contributed by atoms with Crippen molar-refractivity contribution in [3.8, 4) is 0 Å². The van der Waals surface area contributed by atoms with Crippen molar-refractivity contribution in [3.05, 3.63) is 21.3 Å². The van der Waals surface area contributed by atoms with Gasteiger partial charge in [0.05, 0.1) is 0 Å². The maximum Gasteiger partial charge on any atom is 4.00 e. The Balaban J connectivity index is -0.000000128. The largest absolute Gasteiger partial charge is 4.00 e. The van der Waals surface area contributed by atoms with Crippen LogP contribution in [0.1, 0.15) is 83.1 Å². The molecule has 0 aliphatic rings. The molecule has 0 saturated heterocycles. The monoisotopic (exact) mass is 574 g/mol. The molecule has 0 heterocycles. The Morgan fingerprint density at radius 1 is 0.600 bits per heavy atom. The fraction of sp³-hybridized carbons (Fsp3) is 0.923. The quantitative estimate of drug-likeness (QED) is 0.231. The van der Waals surface area contributed by atoms with Crippen molar-refractivity contribution in [3.63, 3.8) is 0 Å². The summed E-state index contributed by atoms with van der Waals surface area (Å²) in [5.74, 6) is 1.74. The van der Waals surface area contributed by atoms with Gasteiger partial charge in [-0.25, -0.2) is 0 Å². The van der Waals surface area contributed by atoms with Gasteiger partial charge in [-0.2, -0.15) is 27.2 Å². The fourth-order valence-electron chi connectivity index (χ4n) is 1.67. The zero-order valence-electron chi connectivity index (χ0n) is 26.2. The Labute approximate surface area is 240 Å². The average Bonchev–Trinajstić information content (AvgIpc) is 2.76. The fourth-order valence-corrected chi connectivity index (χ4v) is 1.67.